The van der Waals surface area contributed by atoms with Crippen LogP contribution in [0.2, 0.25) is 0 Å². The fourth-order valence-corrected chi connectivity index (χ4v) is 3.78. The minimum atomic E-state index is 0.00441. The maximum absolute atomic E-state index is 12.5. The molecule has 1 aromatic carbocycles. The van der Waals surface area contributed by atoms with Crippen LogP contribution in [0.5, 0.6) is 11.5 Å². The molecule has 26 heavy (non-hydrogen) atoms. The van der Waals surface area contributed by atoms with Gasteiger partial charge >= 0.3 is 0 Å². The van der Waals surface area contributed by atoms with Gasteiger partial charge in [0.1, 0.15) is 0 Å². The van der Waals surface area contributed by atoms with E-state index in [1.54, 1.807) is 0 Å². The summed E-state index contributed by atoms with van der Waals surface area (Å²) in [5, 5.41) is 3.02. The Balaban J connectivity index is 1.46. The lowest BCUT2D eigenvalue weighted by molar-refractivity contribution is -0.138. The molecule has 142 valence electrons. The molecule has 2 aliphatic rings. The fourth-order valence-electron chi connectivity index (χ4n) is 3.78. The molecule has 0 bridgehead atoms. The normalized spacial score (nSPS) is 21.3. The number of hydrogen-bond donors (Lipinski definition) is 1. The van der Waals surface area contributed by atoms with Gasteiger partial charge in [0.25, 0.3) is 0 Å². The molecule has 1 saturated carbocycles. The first kappa shape index (κ1) is 18.5. The van der Waals surface area contributed by atoms with Crippen molar-refractivity contribution in [2.75, 3.05) is 19.9 Å². The molecule has 0 saturated heterocycles. The second-order valence-corrected chi connectivity index (χ2v) is 6.96. The van der Waals surface area contributed by atoms with Crippen molar-refractivity contribution >= 4 is 11.8 Å². The molecule has 0 aromatic heterocycles. The van der Waals surface area contributed by atoms with E-state index >= 15 is 0 Å². The van der Waals surface area contributed by atoms with Crippen LogP contribution in [0.3, 0.4) is 0 Å². The van der Waals surface area contributed by atoms with E-state index in [0.29, 0.717) is 6.54 Å². The number of nitrogens with zero attached hydrogens (tertiary/aromatic N) is 1. The van der Waals surface area contributed by atoms with Crippen molar-refractivity contribution in [3.05, 3.63) is 23.8 Å². The van der Waals surface area contributed by atoms with Gasteiger partial charge in [0.05, 0.1) is 0 Å². The van der Waals surface area contributed by atoms with Gasteiger partial charge in [-0.2, -0.15) is 0 Å². The third-order valence-electron chi connectivity index (χ3n) is 5.43. The highest BCUT2D eigenvalue weighted by atomic mass is 16.7. The summed E-state index contributed by atoms with van der Waals surface area (Å²) in [4.78, 5) is 26.8. The minimum absolute atomic E-state index is 0.00441. The van der Waals surface area contributed by atoms with Gasteiger partial charge in [-0.15, -0.1) is 0 Å². The molecule has 1 aliphatic heterocycles. The smallest absolute Gasteiger partial charge is 0.231 e. The lowest BCUT2D eigenvalue weighted by Crippen LogP contribution is -2.39. The Bertz CT molecular complexity index is 649. The largest absolute Gasteiger partial charge is 0.454 e. The van der Waals surface area contributed by atoms with Crippen LogP contribution in [0.1, 0.15) is 45.1 Å². The molecular formula is C20H28N2O4. The van der Waals surface area contributed by atoms with Crippen molar-refractivity contribution in [3.63, 3.8) is 0 Å². The van der Waals surface area contributed by atoms with Crippen LogP contribution in [0, 0.1) is 11.8 Å². The Morgan fingerprint density at radius 3 is 2.38 bits per heavy atom. The quantitative estimate of drug-likeness (QED) is 0.847. The van der Waals surface area contributed by atoms with E-state index in [0.717, 1.165) is 55.8 Å². The zero-order chi connectivity index (χ0) is 18.5. The Kier molecular flexibility index (Phi) is 6.01. The van der Waals surface area contributed by atoms with Gasteiger partial charge in [0.15, 0.2) is 11.5 Å². The van der Waals surface area contributed by atoms with Gasteiger partial charge in [0, 0.05) is 31.5 Å². The number of carbonyl (C=O) groups is 2. The Morgan fingerprint density at radius 1 is 1.04 bits per heavy atom. The third-order valence-corrected chi connectivity index (χ3v) is 5.43. The molecule has 1 fully saturated rings. The molecule has 0 unspecified atom stereocenters. The first-order valence-electron chi connectivity index (χ1n) is 9.57. The third kappa shape index (κ3) is 4.11. The number of carbonyl (C=O) groups excluding carboxylic acids is 2. The summed E-state index contributed by atoms with van der Waals surface area (Å²) in [5.74, 6) is 1.88. The van der Waals surface area contributed by atoms with Crippen LogP contribution in [-0.4, -0.2) is 36.6 Å². The van der Waals surface area contributed by atoms with E-state index in [2.05, 4.69) is 5.32 Å². The summed E-state index contributed by atoms with van der Waals surface area (Å²) in [7, 11) is 0. The van der Waals surface area contributed by atoms with E-state index in [1.807, 2.05) is 36.9 Å². The van der Waals surface area contributed by atoms with Gasteiger partial charge in [-0.25, -0.2) is 0 Å². The summed E-state index contributed by atoms with van der Waals surface area (Å²) < 4.78 is 10.7. The summed E-state index contributed by atoms with van der Waals surface area (Å²) in [6.07, 6.45) is 3.17. The van der Waals surface area contributed by atoms with E-state index in [4.69, 9.17) is 9.47 Å². The summed E-state index contributed by atoms with van der Waals surface area (Å²) >= 11 is 0. The summed E-state index contributed by atoms with van der Waals surface area (Å²) in [6, 6.07) is 5.71. The lowest BCUT2D eigenvalue weighted by atomic mass is 9.81. The van der Waals surface area contributed by atoms with Crippen molar-refractivity contribution < 1.29 is 19.1 Å². The number of amides is 2. The van der Waals surface area contributed by atoms with E-state index < -0.39 is 0 Å². The maximum Gasteiger partial charge on any atom is 0.231 e. The summed E-state index contributed by atoms with van der Waals surface area (Å²) in [5.41, 5.74) is 0.994. The predicted molar refractivity (Wildman–Crippen MR) is 97.8 cm³/mol. The molecule has 0 atom stereocenters. The van der Waals surface area contributed by atoms with E-state index in [1.165, 1.54) is 0 Å². The van der Waals surface area contributed by atoms with Gasteiger partial charge < -0.3 is 19.7 Å². The highest BCUT2D eigenvalue weighted by molar-refractivity contribution is 5.81. The van der Waals surface area contributed by atoms with Crippen molar-refractivity contribution in [1.29, 1.82) is 0 Å². The van der Waals surface area contributed by atoms with Crippen molar-refractivity contribution in [1.82, 2.24) is 10.2 Å². The molecule has 0 radical (unpaired) electrons. The summed E-state index contributed by atoms with van der Waals surface area (Å²) in [6.45, 7) is 6.26. The van der Waals surface area contributed by atoms with Crippen LogP contribution < -0.4 is 14.8 Å². The molecule has 3 rings (SSSR count). The fraction of sp³-hybridized carbons (Fsp3) is 0.600. The van der Waals surface area contributed by atoms with Crippen LogP contribution >= 0.6 is 0 Å². The number of hydrogen-bond acceptors (Lipinski definition) is 4. The lowest BCUT2D eigenvalue weighted by Gasteiger charge is -2.30. The predicted octanol–water partition coefficient (Wildman–Crippen LogP) is 2.71. The zero-order valence-electron chi connectivity index (χ0n) is 15.6. The molecule has 1 aromatic rings. The number of rotatable bonds is 6. The van der Waals surface area contributed by atoms with Crippen molar-refractivity contribution in [3.8, 4) is 11.5 Å². The molecule has 6 nitrogen and oxygen atoms in total. The molecule has 2 amide bonds. The molecule has 1 N–H and O–H groups in total. The first-order valence-corrected chi connectivity index (χ1v) is 9.57. The van der Waals surface area contributed by atoms with Crippen LogP contribution in [-0.2, 0) is 16.1 Å². The van der Waals surface area contributed by atoms with Gasteiger partial charge in [-0.05, 0) is 57.2 Å². The average Bonchev–Trinajstić information content (AvgIpc) is 3.15. The van der Waals surface area contributed by atoms with Crippen molar-refractivity contribution in [2.24, 2.45) is 11.8 Å². The van der Waals surface area contributed by atoms with Gasteiger partial charge in [-0.1, -0.05) is 6.07 Å². The number of ether oxygens (including phenoxy) is 2. The monoisotopic (exact) mass is 360 g/mol. The Hall–Kier alpha value is -2.24. The van der Waals surface area contributed by atoms with E-state index in [-0.39, 0.29) is 30.4 Å². The van der Waals surface area contributed by atoms with Crippen LogP contribution in [0.25, 0.3) is 0 Å². The first-order chi connectivity index (χ1) is 12.6. The molecule has 6 heteroatoms. The van der Waals surface area contributed by atoms with Crippen molar-refractivity contribution in [2.45, 2.75) is 46.1 Å². The topological polar surface area (TPSA) is 67.9 Å². The van der Waals surface area contributed by atoms with Crippen LogP contribution in [0.15, 0.2) is 18.2 Å². The maximum atomic E-state index is 12.5. The molecular weight excluding hydrogens is 332 g/mol. The second kappa shape index (κ2) is 8.43. The minimum Gasteiger partial charge on any atom is -0.454 e. The molecule has 1 heterocycles. The van der Waals surface area contributed by atoms with Gasteiger partial charge in [-0.3, -0.25) is 9.59 Å². The number of nitrogens with one attached hydrogen (secondary N) is 1. The van der Waals surface area contributed by atoms with Gasteiger partial charge in [0.2, 0.25) is 18.6 Å². The zero-order valence-corrected chi connectivity index (χ0v) is 15.6. The highest BCUT2D eigenvalue weighted by Gasteiger charge is 2.31. The molecule has 0 spiro atoms. The number of fused-ring (bicyclic) bond motifs is 1. The van der Waals surface area contributed by atoms with E-state index in [9.17, 15) is 9.59 Å². The Labute approximate surface area is 154 Å². The SMILES string of the molecule is CCN(CC)C(=O)C1CCC(C(=O)NCc2ccc3c(c2)OCO3)CC1. The average molecular weight is 360 g/mol. The molecule has 1 aliphatic carbocycles. The number of benzene rings is 1. The standard InChI is InChI=1S/C20H28N2O4/c1-3-22(4-2)20(24)16-8-6-15(7-9-16)19(23)21-12-14-5-10-17-18(11-14)26-13-25-17/h5,10-11,15-16H,3-4,6-9,12-13H2,1-2H3,(H,21,23). The van der Waals surface area contributed by atoms with Crippen LogP contribution in [0.4, 0.5) is 0 Å². The second-order valence-electron chi connectivity index (χ2n) is 6.96. The highest BCUT2D eigenvalue weighted by Crippen LogP contribution is 2.33. The Morgan fingerprint density at radius 2 is 1.69 bits per heavy atom.